The van der Waals surface area contributed by atoms with E-state index >= 15 is 0 Å². The third kappa shape index (κ3) is 4.02. The average Bonchev–Trinajstić information content (AvgIpc) is 2.53. The SMILES string of the molecule is CC(C)(CNC(=O)c1cccc([N+](=O)[O-])c1)N1CCOCC1. The predicted octanol–water partition coefficient (Wildman–Crippen LogP) is 1.44. The molecule has 120 valence electrons. The second-order valence-electron chi connectivity index (χ2n) is 5.90. The van der Waals surface area contributed by atoms with Gasteiger partial charge in [0, 0.05) is 42.9 Å². The number of nitro benzene ring substituents is 1. The molecule has 1 saturated heterocycles. The van der Waals surface area contributed by atoms with Crippen molar-refractivity contribution in [3.8, 4) is 0 Å². The normalized spacial score (nSPS) is 16.3. The summed E-state index contributed by atoms with van der Waals surface area (Å²) in [5, 5.41) is 13.6. The number of rotatable bonds is 5. The van der Waals surface area contributed by atoms with Crippen LogP contribution in [0.15, 0.2) is 24.3 Å². The molecule has 1 aromatic carbocycles. The summed E-state index contributed by atoms with van der Waals surface area (Å²) in [4.78, 5) is 24.7. The van der Waals surface area contributed by atoms with Crippen molar-refractivity contribution in [2.75, 3.05) is 32.8 Å². The van der Waals surface area contributed by atoms with Gasteiger partial charge in [-0.15, -0.1) is 0 Å². The molecule has 0 aliphatic carbocycles. The van der Waals surface area contributed by atoms with Crippen molar-refractivity contribution < 1.29 is 14.5 Å². The number of non-ortho nitro benzene ring substituents is 1. The number of carbonyl (C=O) groups is 1. The van der Waals surface area contributed by atoms with Gasteiger partial charge in [0.1, 0.15) is 0 Å². The Morgan fingerprint density at radius 1 is 1.41 bits per heavy atom. The van der Waals surface area contributed by atoms with Gasteiger partial charge in [-0.3, -0.25) is 19.8 Å². The van der Waals surface area contributed by atoms with Crippen molar-refractivity contribution in [1.29, 1.82) is 0 Å². The predicted molar refractivity (Wildman–Crippen MR) is 81.9 cm³/mol. The molecule has 22 heavy (non-hydrogen) atoms. The lowest BCUT2D eigenvalue weighted by atomic mass is 10.0. The number of hydrogen-bond acceptors (Lipinski definition) is 5. The summed E-state index contributed by atoms with van der Waals surface area (Å²) in [6.07, 6.45) is 0. The monoisotopic (exact) mass is 307 g/mol. The quantitative estimate of drug-likeness (QED) is 0.657. The number of nitrogens with zero attached hydrogens (tertiary/aromatic N) is 2. The number of morpholine rings is 1. The van der Waals surface area contributed by atoms with Crippen molar-refractivity contribution in [3.05, 3.63) is 39.9 Å². The fourth-order valence-corrected chi connectivity index (χ4v) is 2.44. The Hall–Kier alpha value is -1.99. The van der Waals surface area contributed by atoms with E-state index in [4.69, 9.17) is 4.74 Å². The lowest BCUT2D eigenvalue weighted by Gasteiger charge is -2.40. The van der Waals surface area contributed by atoms with Crippen LogP contribution in [0, 0.1) is 10.1 Å². The fourth-order valence-electron chi connectivity index (χ4n) is 2.44. The summed E-state index contributed by atoms with van der Waals surface area (Å²) in [7, 11) is 0. The van der Waals surface area contributed by atoms with Crippen LogP contribution in [0.25, 0.3) is 0 Å². The number of hydrogen-bond donors (Lipinski definition) is 1. The highest BCUT2D eigenvalue weighted by Crippen LogP contribution is 2.16. The number of ether oxygens (including phenoxy) is 1. The van der Waals surface area contributed by atoms with E-state index in [1.165, 1.54) is 18.2 Å². The molecule has 7 heteroatoms. The molecule has 1 amide bonds. The van der Waals surface area contributed by atoms with E-state index < -0.39 is 4.92 Å². The van der Waals surface area contributed by atoms with Gasteiger partial charge in [-0.1, -0.05) is 6.07 Å². The van der Waals surface area contributed by atoms with Crippen LogP contribution in [0.1, 0.15) is 24.2 Å². The van der Waals surface area contributed by atoms with Gasteiger partial charge in [-0.05, 0) is 19.9 Å². The first-order valence-corrected chi connectivity index (χ1v) is 7.25. The minimum Gasteiger partial charge on any atom is -0.379 e. The van der Waals surface area contributed by atoms with E-state index in [1.54, 1.807) is 6.07 Å². The number of carbonyl (C=O) groups excluding carboxylic acids is 1. The molecule has 0 spiro atoms. The molecule has 0 aromatic heterocycles. The number of nitro groups is 1. The highest BCUT2D eigenvalue weighted by molar-refractivity contribution is 5.94. The number of benzene rings is 1. The van der Waals surface area contributed by atoms with E-state index in [1.807, 2.05) is 0 Å². The zero-order chi connectivity index (χ0) is 16.2. The number of amides is 1. The van der Waals surface area contributed by atoms with Gasteiger partial charge in [0.2, 0.25) is 0 Å². The van der Waals surface area contributed by atoms with Crippen LogP contribution in [-0.4, -0.2) is 54.1 Å². The van der Waals surface area contributed by atoms with Crippen LogP contribution >= 0.6 is 0 Å². The largest absolute Gasteiger partial charge is 0.379 e. The maximum absolute atomic E-state index is 12.2. The summed E-state index contributed by atoms with van der Waals surface area (Å²) in [5.74, 6) is -0.301. The van der Waals surface area contributed by atoms with Crippen LogP contribution in [0.2, 0.25) is 0 Å². The van der Waals surface area contributed by atoms with Gasteiger partial charge in [-0.25, -0.2) is 0 Å². The summed E-state index contributed by atoms with van der Waals surface area (Å²) >= 11 is 0. The van der Waals surface area contributed by atoms with Gasteiger partial charge in [-0.2, -0.15) is 0 Å². The van der Waals surface area contributed by atoms with Crippen molar-refractivity contribution in [3.63, 3.8) is 0 Å². The molecule has 2 rings (SSSR count). The molecule has 1 aromatic rings. The summed E-state index contributed by atoms with van der Waals surface area (Å²) < 4.78 is 5.33. The van der Waals surface area contributed by atoms with E-state index in [9.17, 15) is 14.9 Å². The first kappa shape index (κ1) is 16.4. The van der Waals surface area contributed by atoms with Gasteiger partial charge < -0.3 is 10.1 Å². The Bertz CT molecular complexity index is 553. The number of nitrogens with one attached hydrogen (secondary N) is 1. The lowest BCUT2D eigenvalue weighted by molar-refractivity contribution is -0.384. The van der Waals surface area contributed by atoms with Gasteiger partial charge in [0.05, 0.1) is 18.1 Å². The molecular formula is C15H21N3O4. The topological polar surface area (TPSA) is 84.7 Å². The van der Waals surface area contributed by atoms with Crippen molar-refractivity contribution in [2.45, 2.75) is 19.4 Å². The Labute approximate surface area is 129 Å². The molecule has 0 atom stereocenters. The fraction of sp³-hybridized carbons (Fsp3) is 0.533. The molecule has 1 aliphatic heterocycles. The maximum atomic E-state index is 12.2. The first-order chi connectivity index (χ1) is 10.4. The first-order valence-electron chi connectivity index (χ1n) is 7.25. The molecule has 7 nitrogen and oxygen atoms in total. The van der Waals surface area contributed by atoms with E-state index in [0.717, 1.165) is 13.1 Å². The summed E-state index contributed by atoms with van der Waals surface area (Å²) in [6.45, 7) is 7.65. The van der Waals surface area contributed by atoms with Crippen molar-refractivity contribution in [1.82, 2.24) is 10.2 Å². The third-order valence-electron chi connectivity index (χ3n) is 3.87. The highest BCUT2D eigenvalue weighted by atomic mass is 16.6. The second-order valence-corrected chi connectivity index (χ2v) is 5.90. The van der Waals surface area contributed by atoms with Crippen LogP contribution in [0.4, 0.5) is 5.69 Å². The highest BCUT2D eigenvalue weighted by Gasteiger charge is 2.28. The average molecular weight is 307 g/mol. The van der Waals surface area contributed by atoms with Crippen LogP contribution in [0.3, 0.4) is 0 Å². The molecule has 1 heterocycles. The minimum atomic E-state index is -0.506. The molecule has 0 unspecified atom stereocenters. The molecule has 1 aliphatic rings. The third-order valence-corrected chi connectivity index (χ3v) is 3.87. The Morgan fingerprint density at radius 2 is 2.09 bits per heavy atom. The van der Waals surface area contributed by atoms with Crippen molar-refractivity contribution >= 4 is 11.6 Å². The Morgan fingerprint density at radius 3 is 2.73 bits per heavy atom. The molecule has 1 N–H and O–H groups in total. The molecule has 0 saturated carbocycles. The second kappa shape index (κ2) is 6.85. The lowest BCUT2D eigenvalue weighted by Crippen LogP contribution is -2.55. The van der Waals surface area contributed by atoms with E-state index in [0.29, 0.717) is 25.3 Å². The van der Waals surface area contributed by atoms with Crippen molar-refractivity contribution in [2.24, 2.45) is 0 Å². The van der Waals surface area contributed by atoms with Gasteiger partial charge in [0.25, 0.3) is 11.6 Å². The van der Waals surface area contributed by atoms with E-state index in [2.05, 4.69) is 24.1 Å². The Balaban J connectivity index is 1.97. The zero-order valence-electron chi connectivity index (χ0n) is 12.9. The Kier molecular flexibility index (Phi) is 5.10. The molecule has 1 fully saturated rings. The summed E-state index contributed by atoms with van der Waals surface area (Å²) in [5.41, 5.74) is 0.0206. The smallest absolute Gasteiger partial charge is 0.270 e. The standard InChI is InChI=1S/C15H21N3O4/c1-15(2,17-6-8-22-9-7-17)11-16-14(19)12-4-3-5-13(10-12)18(20)21/h3-5,10H,6-9,11H2,1-2H3,(H,16,19). The van der Waals surface area contributed by atoms with Crippen LogP contribution in [0.5, 0.6) is 0 Å². The molecule has 0 bridgehead atoms. The zero-order valence-corrected chi connectivity index (χ0v) is 12.9. The van der Waals surface area contributed by atoms with Gasteiger partial charge >= 0.3 is 0 Å². The maximum Gasteiger partial charge on any atom is 0.270 e. The molecular weight excluding hydrogens is 286 g/mol. The van der Waals surface area contributed by atoms with Crippen LogP contribution < -0.4 is 5.32 Å². The van der Waals surface area contributed by atoms with Gasteiger partial charge in [0.15, 0.2) is 0 Å². The summed E-state index contributed by atoms with van der Waals surface area (Å²) in [6, 6.07) is 5.75. The molecule has 0 radical (unpaired) electrons. The van der Waals surface area contributed by atoms with E-state index in [-0.39, 0.29) is 17.1 Å². The van der Waals surface area contributed by atoms with Crippen LogP contribution in [-0.2, 0) is 4.74 Å². The minimum absolute atomic E-state index is 0.0833.